The summed E-state index contributed by atoms with van der Waals surface area (Å²) in [5, 5.41) is 6.48. The fourth-order valence-electron chi connectivity index (χ4n) is 3.53. The molecule has 0 unspecified atom stereocenters. The first-order valence-corrected chi connectivity index (χ1v) is 11.5. The number of amides is 2. The maximum absolute atomic E-state index is 13.1. The van der Waals surface area contributed by atoms with E-state index in [1.165, 1.54) is 18.0 Å². The number of aryl methyl sites for hydroxylation is 2. The zero-order valence-corrected chi connectivity index (χ0v) is 20.2. The minimum Gasteiger partial charge on any atom is -0.495 e. The zero-order valence-electron chi connectivity index (χ0n) is 18.6. The number of para-hydroxylation sites is 2. The van der Waals surface area contributed by atoms with Gasteiger partial charge in [-0.1, -0.05) is 23.7 Å². The molecule has 8 nitrogen and oxygen atoms in total. The van der Waals surface area contributed by atoms with Crippen molar-refractivity contribution in [3.8, 4) is 5.75 Å². The molecular formula is C24H21ClN4O4S. The van der Waals surface area contributed by atoms with Crippen molar-refractivity contribution in [2.24, 2.45) is 0 Å². The van der Waals surface area contributed by atoms with Gasteiger partial charge in [0.05, 0.1) is 29.4 Å². The van der Waals surface area contributed by atoms with Crippen LogP contribution in [0.15, 0.2) is 53.6 Å². The molecule has 2 heterocycles. The van der Waals surface area contributed by atoms with Crippen LogP contribution in [0.1, 0.15) is 20.8 Å². The highest BCUT2D eigenvalue weighted by Crippen LogP contribution is 2.29. The number of aromatic nitrogens is 2. The van der Waals surface area contributed by atoms with Crippen molar-refractivity contribution in [1.29, 1.82) is 0 Å². The predicted octanol–water partition coefficient (Wildman–Crippen LogP) is 4.63. The van der Waals surface area contributed by atoms with Crippen LogP contribution in [0, 0.1) is 13.8 Å². The molecule has 0 spiro atoms. The molecule has 34 heavy (non-hydrogen) atoms. The first-order valence-electron chi connectivity index (χ1n) is 10.3. The van der Waals surface area contributed by atoms with E-state index in [4.69, 9.17) is 16.3 Å². The third kappa shape index (κ3) is 4.66. The van der Waals surface area contributed by atoms with Gasteiger partial charge in [-0.3, -0.25) is 19.0 Å². The number of thiophene rings is 1. The van der Waals surface area contributed by atoms with Crippen molar-refractivity contribution in [3.05, 3.63) is 80.2 Å². The number of methoxy groups -OCH3 is 1. The molecule has 2 amide bonds. The van der Waals surface area contributed by atoms with Gasteiger partial charge in [0.2, 0.25) is 5.91 Å². The summed E-state index contributed by atoms with van der Waals surface area (Å²) in [4.78, 5) is 43.7. The molecule has 0 saturated carbocycles. The van der Waals surface area contributed by atoms with Gasteiger partial charge in [-0.2, -0.15) is 0 Å². The second kappa shape index (κ2) is 9.66. The Morgan fingerprint density at radius 3 is 2.62 bits per heavy atom. The summed E-state index contributed by atoms with van der Waals surface area (Å²) >= 11 is 7.08. The summed E-state index contributed by atoms with van der Waals surface area (Å²) in [6.07, 6.45) is 1.32. The number of carbonyl (C=O) groups is 2. The highest BCUT2D eigenvalue weighted by Gasteiger charge is 2.21. The summed E-state index contributed by atoms with van der Waals surface area (Å²) in [5.41, 5.74) is 2.05. The lowest BCUT2D eigenvalue weighted by Crippen LogP contribution is -2.28. The maximum Gasteiger partial charge on any atom is 0.266 e. The molecule has 2 aromatic carbocycles. The molecule has 0 aliphatic carbocycles. The molecular weight excluding hydrogens is 476 g/mol. The van der Waals surface area contributed by atoms with Crippen LogP contribution in [-0.4, -0.2) is 28.5 Å². The van der Waals surface area contributed by atoms with E-state index in [9.17, 15) is 14.4 Å². The Morgan fingerprint density at radius 1 is 1.12 bits per heavy atom. The molecule has 4 aromatic rings. The summed E-state index contributed by atoms with van der Waals surface area (Å²) in [6, 6.07) is 12.2. The van der Waals surface area contributed by atoms with E-state index in [1.807, 2.05) is 6.92 Å². The van der Waals surface area contributed by atoms with Gasteiger partial charge in [-0.05, 0) is 55.3 Å². The SMILES string of the molecule is COc1ccccc1NC(=O)c1sc2ncn(CC(=O)Nc3ccc(Cl)cc3C)c(=O)c2c1C. The second-order valence-electron chi connectivity index (χ2n) is 7.58. The fourth-order valence-corrected chi connectivity index (χ4v) is 4.79. The number of ether oxygens (including phenoxy) is 1. The van der Waals surface area contributed by atoms with E-state index in [0.717, 1.165) is 16.9 Å². The van der Waals surface area contributed by atoms with Gasteiger partial charge in [0.25, 0.3) is 11.5 Å². The lowest BCUT2D eigenvalue weighted by Gasteiger charge is -2.10. The molecule has 0 atom stereocenters. The van der Waals surface area contributed by atoms with Crippen molar-refractivity contribution < 1.29 is 14.3 Å². The molecule has 0 saturated heterocycles. The van der Waals surface area contributed by atoms with E-state index < -0.39 is 5.56 Å². The molecule has 0 bridgehead atoms. The lowest BCUT2D eigenvalue weighted by molar-refractivity contribution is -0.116. The quantitative estimate of drug-likeness (QED) is 0.405. The molecule has 174 valence electrons. The number of hydrogen-bond acceptors (Lipinski definition) is 6. The van der Waals surface area contributed by atoms with Crippen LogP contribution >= 0.6 is 22.9 Å². The molecule has 4 rings (SSSR count). The number of nitrogens with one attached hydrogen (secondary N) is 2. The first-order chi connectivity index (χ1) is 16.3. The standard InChI is InChI=1S/C24H21ClN4O4S/c1-13-10-15(25)8-9-16(13)27-19(30)11-29-12-26-23-20(24(29)32)14(2)21(34-23)22(31)28-17-6-4-5-7-18(17)33-3/h4-10,12H,11H2,1-3H3,(H,27,30)(H,28,31). The smallest absolute Gasteiger partial charge is 0.266 e. The number of benzene rings is 2. The van der Waals surface area contributed by atoms with Gasteiger partial charge in [0.15, 0.2) is 0 Å². The summed E-state index contributed by atoms with van der Waals surface area (Å²) in [6.45, 7) is 3.30. The Balaban J connectivity index is 1.59. The van der Waals surface area contributed by atoms with Crippen LogP contribution in [0.2, 0.25) is 5.02 Å². The molecule has 2 aromatic heterocycles. The van der Waals surface area contributed by atoms with E-state index in [-0.39, 0.29) is 18.4 Å². The van der Waals surface area contributed by atoms with Crippen molar-refractivity contribution in [3.63, 3.8) is 0 Å². The van der Waals surface area contributed by atoms with Gasteiger partial charge in [0, 0.05) is 10.7 Å². The number of fused-ring (bicyclic) bond motifs is 1. The summed E-state index contributed by atoms with van der Waals surface area (Å²) in [5.74, 6) is -0.223. The molecule has 0 aliphatic rings. The fraction of sp³-hybridized carbons (Fsp3) is 0.167. The van der Waals surface area contributed by atoms with Gasteiger partial charge >= 0.3 is 0 Å². The van der Waals surface area contributed by atoms with Crippen LogP contribution < -0.4 is 20.9 Å². The number of hydrogen-bond donors (Lipinski definition) is 2. The van der Waals surface area contributed by atoms with E-state index >= 15 is 0 Å². The van der Waals surface area contributed by atoms with Crippen LogP contribution in [0.25, 0.3) is 10.2 Å². The zero-order chi connectivity index (χ0) is 24.4. The van der Waals surface area contributed by atoms with Gasteiger partial charge < -0.3 is 15.4 Å². The largest absolute Gasteiger partial charge is 0.495 e. The number of nitrogens with zero attached hydrogens (tertiary/aromatic N) is 2. The minimum absolute atomic E-state index is 0.220. The molecule has 0 radical (unpaired) electrons. The third-order valence-electron chi connectivity index (χ3n) is 5.26. The van der Waals surface area contributed by atoms with Crippen LogP contribution in [0.3, 0.4) is 0 Å². The highest BCUT2D eigenvalue weighted by atomic mass is 35.5. The lowest BCUT2D eigenvalue weighted by atomic mass is 10.2. The topological polar surface area (TPSA) is 102 Å². The first kappa shape index (κ1) is 23.5. The Labute approximate surface area is 204 Å². The van der Waals surface area contributed by atoms with Crippen LogP contribution in [-0.2, 0) is 11.3 Å². The highest BCUT2D eigenvalue weighted by molar-refractivity contribution is 7.20. The number of rotatable bonds is 6. The Kier molecular flexibility index (Phi) is 6.67. The van der Waals surface area contributed by atoms with E-state index in [0.29, 0.717) is 42.8 Å². The Bertz CT molecular complexity index is 1480. The van der Waals surface area contributed by atoms with Crippen molar-refractivity contribution >= 4 is 56.3 Å². The van der Waals surface area contributed by atoms with Gasteiger partial charge in [0.1, 0.15) is 17.1 Å². The number of anilines is 2. The van der Waals surface area contributed by atoms with E-state index in [2.05, 4.69) is 15.6 Å². The maximum atomic E-state index is 13.1. The van der Waals surface area contributed by atoms with Crippen molar-refractivity contribution in [2.75, 3.05) is 17.7 Å². The molecule has 10 heteroatoms. The normalized spacial score (nSPS) is 10.8. The molecule has 0 aliphatic heterocycles. The summed E-state index contributed by atoms with van der Waals surface area (Å²) in [7, 11) is 1.52. The summed E-state index contributed by atoms with van der Waals surface area (Å²) < 4.78 is 6.50. The molecule has 2 N–H and O–H groups in total. The molecule has 0 fully saturated rings. The van der Waals surface area contributed by atoms with E-state index in [1.54, 1.807) is 49.4 Å². The van der Waals surface area contributed by atoms with Gasteiger partial charge in [-0.25, -0.2) is 4.98 Å². The monoisotopic (exact) mass is 496 g/mol. The van der Waals surface area contributed by atoms with Crippen molar-refractivity contribution in [2.45, 2.75) is 20.4 Å². The number of halogens is 1. The number of carbonyl (C=O) groups excluding carboxylic acids is 2. The average molecular weight is 497 g/mol. The van der Waals surface area contributed by atoms with Crippen molar-refractivity contribution in [1.82, 2.24) is 9.55 Å². The van der Waals surface area contributed by atoms with Crippen LogP contribution in [0.5, 0.6) is 5.75 Å². The third-order valence-corrected chi connectivity index (χ3v) is 6.69. The van der Waals surface area contributed by atoms with Crippen LogP contribution in [0.4, 0.5) is 11.4 Å². The second-order valence-corrected chi connectivity index (χ2v) is 9.01. The minimum atomic E-state index is -0.391. The Morgan fingerprint density at radius 2 is 1.88 bits per heavy atom. The Hall–Kier alpha value is -3.69. The van der Waals surface area contributed by atoms with Gasteiger partial charge in [-0.15, -0.1) is 11.3 Å². The predicted molar refractivity (Wildman–Crippen MR) is 134 cm³/mol. The average Bonchev–Trinajstić information content (AvgIpc) is 3.15.